The quantitative estimate of drug-likeness (QED) is 0.759. The molecule has 2 saturated heterocycles. The first-order valence-electron chi connectivity index (χ1n) is 9.82. The molecule has 1 atom stereocenters. The van der Waals surface area contributed by atoms with Gasteiger partial charge in [0.15, 0.2) is 0 Å². The number of carbonyl (C=O) groups is 1. The van der Waals surface area contributed by atoms with Crippen molar-refractivity contribution in [2.75, 3.05) is 39.8 Å². The minimum atomic E-state index is 0.0905. The Bertz CT molecular complexity index is 629. The van der Waals surface area contributed by atoms with Gasteiger partial charge in [0, 0.05) is 57.4 Å². The standard InChI is InChI=1S/C21H32N4O/c1-4-11-25-12-10-21(9-8-20(25)26)17-24(14-13-23(21)3)16-19-7-6-18(5-2)15-22-19/h4,6-7,15H,1,5,8-14,16-17H2,2-3H3. The molecule has 2 aliphatic rings. The highest BCUT2D eigenvalue weighted by Gasteiger charge is 2.42. The summed E-state index contributed by atoms with van der Waals surface area (Å²) in [7, 11) is 2.22. The lowest BCUT2D eigenvalue weighted by molar-refractivity contribution is -0.130. The van der Waals surface area contributed by atoms with Crippen molar-refractivity contribution in [3.8, 4) is 0 Å². The number of piperazine rings is 1. The number of aryl methyl sites for hydroxylation is 1. The Morgan fingerprint density at radius 2 is 2.12 bits per heavy atom. The second-order valence-corrected chi connectivity index (χ2v) is 7.75. The molecule has 1 amide bonds. The number of amides is 1. The first-order valence-corrected chi connectivity index (χ1v) is 9.82. The topological polar surface area (TPSA) is 39.7 Å². The third-order valence-electron chi connectivity index (χ3n) is 6.11. The molecule has 0 aromatic carbocycles. The van der Waals surface area contributed by atoms with Gasteiger partial charge in [-0.3, -0.25) is 19.6 Å². The fraction of sp³-hybridized carbons (Fsp3) is 0.619. The van der Waals surface area contributed by atoms with Crippen molar-refractivity contribution < 1.29 is 4.79 Å². The van der Waals surface area contributed by atoms with Gasteiger partial charge in [0.2, 0.25) is 5.91 Å². The Kier molecular flexibility index (Phi) is 6.09. The van der Waals surface area contributed by atoms with Crippen molar-refractivity contribution in [1.29, 1.82) is 0 Å². The van der Waals surface area contributed by atoms with Crippen LogP contribution < -0.4 is 0 Å². The summed E-state index contributed by atoms with van der Waals surface area (Å²) in [5.74, 6) is 0.268. The maximum atomic E-state index is 12.4. The van der Waals surface area contributed by atoms with Crippen molar-refractivity contribution in [3.63, 3.8) is 0 Å². The maximum Gasteiger partial charge on any atom is 0.222 e. The molecule has 5 heteroatoms. The minimum absolute atomic E-state index is 0.0905. The highest BCUT2D eigenvalue weighted by molar-refractivity contribution is 5.76. The molecule has 1 aromatic rings. The molecule has 0 N–H and O–H groups in total. The largest absolute Gasteiger partial charge is 0.339 e. The zero-order chi connectivity index (χ0) is 18.6. The van der Waals surface area contributed by atoms with Gasteiger partial charge < -0.3 is 4.90 Å². The molecule has 2 aliphatic heterocycles. The number of pyridine rings is 1. The molecule has 1 unspecified atom stereocenters. The van der Waals surface area contributed by atoms with Gasteiger partial charge in [0.25, 0.3) is 0 Å². The number of aromatic nitrogens is 1. The van der Waals surface area contributed by atoms with Crippen molar-refractivity contribution in [3.05, 3.63) is 42.2 Å². The molecule has 3 rings (SSSR count). The Hall–Kier alpha value is -1.72. The van der Waals surface area contributed by atoms with Gasteiger partial charge in [-0.2, -0.15) is 0 Å². The average molecular weight is 357 g/mol. The lowest BCUT2D eigenvalue weighted by Crippen LogP contribution is -2.60. The molecule has 1 spiro atoms. The van der Waals surface area contributed by atoms with E-state index in [1.807, 2.05) is 17.2 Å². The molecule has 2 fully saturated rings. The van der Waals surface area contributed by atoms with E-state index in [1.165, 1.54) is 5.56 Å². The van der Waals surface area contributed by atoms with Crippen LogP contribution >= 0.6 is 0 Å². The van der Waals surface area contributed by atoms with E-state index in [2.05, 4.69) is 47.5 Å². The van der Waals surface area contributed by atoms with Crippen LogP contribution in [0.15, 0.2) is 31.0 Å². The highest BCUT2D eigenvalue weighted by atomic mass is 16.2. The van der Waals surface area contributed by atoms with Gasteiger partial charge in [-0.25, -0.2) is 0 Å². The van der Waals surface area contributed by atoms with Gasteiger partial charge in [-0.05, 0) is 37.9 Å². The molecule has 142 valence electrons. The van der Waals surface area contributed by atoms with Crippen molar-refractivity contribution in [2.45, 2.75) is 44.7 Å². The van der Waals surface area contributed by atoms with Crippen LogP contribution in [0.4, 0.5) is 0 Å². The van der Waals surface area contributed by atoms with Crippen molar-refractivity contribution in [2.24, 2.45) is 0 Å². The highest BCUT2D eigenvalue weighted by Crippen LogP contribution is 2.32. The molecule has 0 saturated carbocycles. The maximum absolute atomic E-state index is 12.4. The van der Waals surface area contributed by atoms with E-state index in [1.54, 1.807) is 0 Å². The van der Waals surface area contributed by atoms with E-state index in [-0.39, 0.29) is 11.4 Å². The summed E-state index contributed by atoms with van der Waals surface area (Å²) in [6, 6.07) is 4.35. The van der Waals surface area contributed by atoms with E-state index in [0.29, 0.717) is 13.0 Å². The minimum Gasteiger partial charge on any atom is -0.339 e. The van der Waals surface area contributed by atoms with Gasteiger partial charge >= 0.3 is 0 Å². The summed E-state index contributed by atoms with van der Waals surface area (Å²) in [4.78, 5) is 24.0. The SMILES string of the molecule is C=CCN1CCC2(CCC1=O)CN(Cc1ccc(CC)cn1)CCN2C. The van der Waals surface area contributed by atoms with Crippen molar-refractivity contribution in [1.82, 2.24) is 19.7 Å². The van der Waals surface area contributed by atoms with Crippen LogP contribution in [0, 0.1) is 0 Å². The van der Waals surface area contributed by atoms with Gasteiger partial charge in [-0.15, -0.1) is 6.58 Å². The van der Waals surface area contributed by atoms with E-state index in [4.69, 9.17) is 0 Å². The van der Waals surface area contributed by atoms with Crippen LogP contribution in [0.1, 0.15) is 37.4 Å². The van der Waals surface area contributed by atoms with Gasteiger partial charge in [0.05, 0.1) is 5.69 Å². The van der Waals surface area contributed by atoms with E-state index < -0.39 is 0 Å². The van der Waals surface area contributed by atoms with Crippen LogP contribution in [-0.2, 0) is 17.8 Å². The van der Waals surface area contributed by atoms with Gasteiger partial charge in [0.1, 0.15) is 0 Å². The third kappa shape index (κ3) is 4.15. The first-order chi connectivity index (χ1) is 12.6. The van der Waals surface area contributed by atoms with Gasteiger partial charge in [-0.1, -0.05) is 19.1 Å². The Labute approximate surface area is 157 Å². The first kappa shape index (κ1) is 19.1. The van der Waals surface area contributed by atoms with E-state index in [9.17, 15) is 4.79 Å². The molecule has 0 aliphatic carbocycles. The normalized spacial score (nSPS) is 25.5. The third-order valence-corrected chi connectivity index (χ3v) is 6.11. The van der Waals surface area contributed by atoms with E-state index in [0.717, 1.165) is 57.7 Å². The number of hydrogen-bond donors (Lipinski definition) is 0. The predicted molar refractivity (Wildman–Crippen MR) is 105 cm³/mol. The molecular formula is C21H32N4O. The van der Waals surface area contributed by atoms with Crippen LogP contribution in [0.25, 0.3) is 0 Å². The number of likely N-dealkylation sites (tertiary alicyclic amines) is 1. The fourth-order valence-electron chi connectivity index (χ4n) is 4.25. The molecule has 3 heterocycles. The summed E-state index contributed by atoms with van der Waals surface area (Å²) in [5, 5.41) is 0. The predicted octanol–water partition coefficient (Wildman–Crippen LogP) is 2.33. The second kappa shape index (κ2) is 8.31. The number of rotatable bonds is 5. The van der Waals surface area contributed by atoms with Crippen molar-refractivity contribution >= 4 is 5.91 Å². The fourth-order valence-corrected chi connectivity index (χ4v) is 4.25. The Morgan fingerprint density at radius 3 is 2.81 bits per heavy atom. The zero-order valence-electron chi connectivity index (χ0n) is 16.3. The van der Waals surface area contributed by atoms with Crippen LogP contribution in [0.3, 0.4) is 0 Å². The molecule has 0 radical (unpaired) electrons. The lowest BCUT2D eigenvalue weighted by atomic mass is 9.86. The summed E-state index contributed by atoms with van der Waals surface area (Å²) < 4.78 is 0. The Morgan fingerprint density at radius 1 is 1.27 bits per heavy atom. The number of carbonyl (C=O) groups excluding carboxylic acids is 1. The monoisotopic (exact) mass is 356 g/mol. The molecular weight excluding hydrogens is 324 g/mol. The smallest absolute Gasteiger partial charge is 0.222 e. The molecule has 5 nitrogen and oxygen atoms in total. The number of likely N-dealkylation sites (N-methyl/N-ethyl adjacent to an activating group) is 1. The summed E-state index contributed by atoms with van der Waals surface area (Å²) in [5.41, 5.74) is 2.51. The lowest BCUT2D eigenvalue weighted by Gasteiger charge is -2.49. The molecule has 1 aromatic heterocycles. The summed E-state index contributed by atoms with van der Waals surface area (Å²) >= 11 is 0. The number of hydrogen-bond acceptors (Lipinski definition) is 4. The molecule has 0 bridgehead atoms. The second-order valence-electron chi connectivity index (χ2n) is 7.75. The Balaban J connectivity index is 1.68. The molecule has 26 heavy (non-hydrogen) atoms. The summed E-state index contributed by atoms with van der Waals surface area (Å²) in [6.07, 6.45) is 7.46. The average Bonchev–Trinajstić information content (AvgIpc) is 2.80. The van der Waals surface area contributed by atoms with E-state index >= 15 is 0 Å². The van der Waals surface area contributed by atoms with Crippen LogP contribution in [0.2, 0.25) is 0 Å². The number of nitrogens with zero attached hydrogens (tertiary/aromatic N) is 4. The van der Waals surface area contributed by atoms with Crippen LogP contribution in [0.5, 0.6) is 0 Å². The van der Waals surface area contributed by atoms with Crippen LogP contribution in [-0.4, -0.2) is 70.9 Å². The zero-order valence-corrected chi connectivity index (χ0v) is 16.3. The summed E-state index contributed by atoms with van der Waals surface area (Å²) in [6.45, 7) is 11.4.